The number of imidazole rings is 3. The molecule has 0 amide bonds. The van der Waals surface area contributed by atoms with Crippen LogP contribution in [0, 0.1) is 0 Å². The quantitative estimate of drug-likeness (QED) is 0.0399. The lowest BCUT2D eigenvalue weighted by Crippen LogP contribution is -2.31. The zero-order chi connectivity index (χ0) is 44.4. The zero-order valence-electron chi connectivity index (χ0n) is 42.4. The van der Waals surface area contributed by atoms with Crippen LogP contribution in [0.5, 0.6) is 0 Å². The van der Waals surface area contributed by atoms with Gasteiger partial charge in [0, 0.05) is 0 Å². The number of aromatic nitrogens is 6. The predicted octanol–water partition coefficient (Wildman–Crippen LogP) is 16.0. The molecule has 6 heteroatoms. The van der Waals surface area contributed by atoms with Crippen molar-refractivity contribution in [2.24, 2.45) is 0 Å². The number of unbranched alkanes of at least 4 members (excludes halogenated alkanes) is 36. The highest BCUT2D eigenvalue weighted by Crippen LogP contribution is 2.16. The highest BCUT2D eigenvalue weighted by atomic mass is 15.1. The van der Waals surface area contributed by atoms with Crippen LogP contribution in [0.3, 0.4) is 0 Å². The molecule has 6 nitrogen and oxygen atoms in total. The third-order valence-corrected chi connectivity index (χ3v) is 13.9. The van der Waals surface area contributed by atoms with Crippen molar-refractivity contribution in [1.29, 1.82) is 0 Å². The Morgan fingerprint density at radius 1 is 0.238 bits per heavy atom. The molecule has 63 heavy (non-hydrogen) atoms. The van der Waals surface area contributed by atoms with Gasteiger partial charge >= 0.3 is 0 Å². The summed E-state index contributed by atoms with van der Waals surface area (Å²) in [6, 6.07) is 0. The summed E-state index contributed by atoms with van der Waals surface area (Å²) in [4.78, 5) is 0. The van der Waals surface area contributed by atoms with E-state index in [1.807, 2.05) is 0 Å². The summed E-state index contributed by atoms with van der Waals surface area (Å²) in [6.07, 6.45) is 77.0. The first-order chi connectivity index (χ1) is 31.3. The van der Waals surface area contributed by atoms with Crippen molar-refractivity contribution in [3.8, 4) is 0 Å². The van der Waals surface area contributed by atoms with E-state index in [2.05, 4.69) is 97.4 Å². The van der Waals surface area contributed by atoms with Crippen molar-refractivity contribution in [2.45, 2.75) is 310 Å². The summed E-state index contributed by atoms with van der Waals surface area (Å²) < 4.78 is 14.4. The topological polar surface area (TPSA) is 26.4 Å². The van der Waals surface area contributed by atoms with Crippen LogP contribution in [0.4, 0.5) is 0 Å². The summed E-state index contributed by atoms with van der Waals surface area (Å²) in [7, 11) is 0. The second-order valence-corrected chi connectivity index (χ2v) is 20.1. The molecule has 3 aromatic heterocycles. The third kappa shape index (κ3) is 32.0. The van der Waals surface area contributed by atoms with Crippen LogP contribution in [0.2, 0.25) is 0 Å². The maximum atomic E-state index is 2.41. The number of aryl methyl sites for hydroxylation is 6. The van der Waals surface area contributed by atoms with Crippen molar-refractivity contribution in [1.82, 2.24) is 13.7 Å². The van der Waals surface area contributed by atoms with E-state index in [1.54, 1.807) is 0 Å². The average Bonchev–Trinajstić information content (AvgIpc) is 4.08. The van der Waals surface area contributed by atoms with Crippen molar-refractivity contribution < 1.29 is 13.7 Å². The smallest absolute Gasteiger partial charge is 0.237 e. The van der Waals surface area contributed by atoms with Gasteiger partial charge in [0.25, 0.3) is 0 Å². The molecule has 3 heterocycles. The predicted molar refractivity (Wildman–Crippen MR) is 270 cm³/mol. The summed E-state index contributed by atoms with van der Waals surface area (Å²) in [6.45, 7) is 11.6. The number of rotatable bonds is 48. The summed E-state index contributed by atoms with van der Waals surface area (Å²) >= 11 is 0. The molecule has 0 bridgehead atoms. The standard InChI is InChI=1S/C57H107N6/c1-3-5-7-9-11-13-15-17-19-21-23-25-27-29-31-37-43-58-49-51-60(55-58)45-39-33-35-41-47-62-53-54-63(57-62)48-42-36-34-40-46-61-52-50-59(56-61)44-38-32-30-28-26-24-22-20-18-16-14-12-10-8-6-4-2/h49-57H,3-48H2,1-2H3/q+3. The van der Waals surface area contributed by atoms with Gasteiger partial charge in [0.2, 0.25) is 19.0 Å². The highest BCUT2D eigenvalue weighted by molar-refractivity contribution is 4.69. The monoisotopic (exact) mass is 876 g/mol. The van der Waals surface area contributed by atoms with Crippen LogP contribution in [0.15, 0.2) is 56.2 Å². The molecular weight excluding hydrogens is 769 g/mol. The Kier molecular flexibility index (Phi) is 35.8. The normalized spacial score (nSPS) is 11.7. The molecule has 0 saturated carbocycles. The third-order valence-electron chi connectivity index (χ3n) is 13.9. The first-order valence-corrected chi connectivity index (χ1v) is 28.4. The minimum atomic E-state index is 1.15. The molecule has 0 fully saturated rings. The van der Waals surface area contributed by atoms with Crippen LogP contribution in [0.1, 0.15) is 271 Å². The molecule has 0 aliphatic heterocycles. The molecule has 0 atom stereocenters. The van der Waals surface area contributed by atoms with E-state index < -0.39 is 0 Å². The van der Waals surface area contributed by atoms with E-state index in [0.717, 1.165) is 26.2 Å². The van der Waals surface area contributed by atoms with Crippen LogP contribution < -0.4 is 13.7 Å². The van der Waals surface area contributed by atoms with E-state index in [4.69, 9.17) is 0 Å². The Hall–Kier alpha value is -2.37. The fourth-order valence-electron chi connectivity index (χ4n) is 9.68. The maximum Gasteiger partial charge on any atom is 0.243 e. The number of hydrogen-bond donors (Lipinski definition) is 0. The molecule has 0 N–H and O–H groups in total. The number of hydrogen-bond acceptors (Lipinski definition) is 0. The fraction of sp³-hybridized carbons (Fsp3) is 0.842. The minimum Gasteiger partial charge on any atom is -0.237 e. The van der Waals surface area contributed by atoms with Crippen LogP contribution in [0.25, 0.3) is 0 Å². The summed E-state index contributed by atoms with van der Waals surface area (Å²) in [5.41, 5.74) is 0. The van der Waals surface area contributed by atoms with Gasteiger partial charge in [-0.2, -0.15) is 0 Å². The van der Waals surface area contributed by atoms with E-state index in [1.165, 1.54) is 270 Å². The Labute approximate surface area is 392 Å². The van der Waals surface area contributed by atoms with Gasteiger partial charge in [0.15, 0.2) is 0 Å². The minimum absolute atomic E-state index is 1.15. The van der Waals surface area contributed by atoms with Crippen molar-refractivity contribution >= 4 is 0 Å². The van der Waals surface area contributed by atoms with Gasteiger partial charge in [-0.1, -0.05) is 194 Å². The fourth-order valence-corrected chi connectivity index (χ4v) is 9.68. The molecule has 3 rings (SSSR count). The van der Waals surface area contributed by atoms with Gasteiger partial charge in [-0.3, -0.25) is 0 Å². The van der Waals surface area contributed by atoms with Crippen molar-refractivity contribution in [3.05, 3.63) is 56.2 Å². The Balaban J connectivity index is 1.04. The molecule has 3 aromatic rings. The van der Waals surface area contributed by atoms with E-state index in [9.17, 15) is 0 Å². The van der Waals surface area contributed by atoms with Crippen LogP contribution >= 0.6 is 0 Å². The molecule has 0 aromatic carbocycles. The lowest BCUT2D eigenvalue weighted by Gasteiger charge is -2.03. The van der Waals surface area contributed by atoms with Gasteiger partial charge in [-0.15, -0.1) is 0 Å². The van der Waals surface area contributed by atoms with Gasteiger partial charge in [0.1, 0.15) is 37.2 Å². The lowest BCUT2D eigenvalue weighted by molar-refractivity contribution is -0.697. The van der Waals surface area contributed by atoms with Crippen LogP contribution in [-0.4, -0.2) is 13.7 Å². The second-order valence-electron chi connectivity index (χ2n) is 20.1. The SMILES string of the molecule is CCCCCCCCCCCCCCCCCC[n+]1ccn(CCCCCCn2cc[n+](CCCCCCn3cc[n+](CCCCCCCCCCCCCCCCCC)c3)c2)c1. The molecule has 0 saturated heterocycles. The van der Waals surface area contributed by atoms with Gasteiger partial charge < -0.3 is 0 Å². The first-order valence-electron chi connectivity index (χ1n) is 28.4. The Bertz CT molecular complexity index is 1270. The first kappa shape index (κ1) is 55.0. The molecular formula is C57H107N6+3. The molecule has 0 radical (unpaired) electrons. The van der Waals surface area contributed by atoms with E-state index in [0.29, 0.717) is 0 Å². The highest BCUT2D eigenvalue weighted by Gasteiger charge is 2.08. The van der Waals surface area contributed by atoms with Crippen molar-refractivity contribution in [2.75, 3.05) is 0 Å². The Morgan fingerprint density at radius 2 is 0.429 bits per heavy atom. The molecule has 0 aliphatic rings. The molecule has 362 valence electrons. The molecule has 0 spiro atoms. The lowest BCUT2D eigenvalue weighted by atomic mass is 10.0. The van der Waals surface area contributed by atoms with Gasteiger partial charge in [0.05, 0.1) is 39.3 Å². The molecule has 0 unspecified atom stereocenters. The zero-order valence-corrected chi connectivity index (χ0v) is 42.4. The maximum absolute atomic E-state index is 2.41. The largest absolute Gasteiger partial charge is 0.243 e. The van der Waals surface area contributed by atoms with Crippen LogP contribution in [-0.2, 0) is 39.3 Å². The molecule has 0 aliphatic carbocycles. The van der Waals surface area contributed by atoms with E-state index >= 15 is 0 Å². The summed E-state index contributed by atoms with van der Waals surface area (Å²) in [5.74, 6) is 0. The van der Waals surface area contributed by atoms with Gasteiger partial charge in [-0.05, 0) is 77.0 Å². The summed E-state index contributed by atoms with van der Waals surface area (Å²) in [5, 5.41) is 0. The Morgan fingerprint density at radius 3 is 0.651 bits per heavy atom. The van der Waals surface area contributed by atoms with E-state index in [-0.39, 0.29) is 0 Å². The van der Waals surface area contributed by atoms with Gasteiger partial charge in [-0.25, -0.2) is 27.4 Å². The number of nitrogens with zero attached hydrogens (tertiary/aromatic N) is 6. The van der Waals surface area contributed by atoms with Crippen molar-refractivity contribution in [3.63, 3.8) is 0 Å². The average molecular weight is 877 g/mol. The second kappa shape index (κ2) is 41.1.